The van der Waals surface area contributed by atoms with E-state index in [1.807, 2.05) is 12.1 Å². The van der Waals surface area contributed by atoms with E-state index in [2.05, 4.69) is 10.3 Å². The Labute approximate surface area is 116 Å². The number of anilines is 1. The van der Waals surface area contributed by atoms with Crippen LogP contribution in [-0.2, 0) is 6.42 Å². The Hall–Kier alpha value is -2.63. The van der Waals surface area contributed by atoms with Gasteiger partial charge in [0.05, 0.1) is 11.0 Å². The molecule has 0 saturated heterocycles. The molecule has 0 aliphatic heterocycles. The molecule has 0 bridgehead atoms. The molecule has 0 unspecified atom stereocenters. The molecule has 6 heteroatoms. The molecule has 2 N–H and O–H groups in total. The van der Waals surface area contributed by atoms with E-state index >= 15 is 0 Å². The molecule has 0 amide bonds. The minimum absolute atomic E-state index is 0.0622. The third-order valence-electron chi connectivity index (χ3n) is 2.93. The lowest BCUT2D eigenvalue weighted by molar-refractivity contribution is -0.385. The van der Waals surface area contributed by atoms with Gasteiger partial charge in [0.25, 0.3) is 5.69 Å². The minimum Gasteiger partial charge on any atom is -0.508 e. The molecule has 0 saturated carbocycles. The van der Waals surface area contributed by atoms with Gasteiger partial charge >= 0.3 is 0 Å². The smallest absolute Gasteiger partial charge is 0.277 e. The van der Waals surface area contributed by atoms with Crippen LogP contribution in [0.5, 0.6) is 5.75 Å². The summed E-state index contributed by atoms with van der Waals surface area (Å²) in [6, 6.07) is 8.37. The van der Waals surface area contributed by atoms with Crippen LogP contribution in [-0.4, -0.2) is 21.6 Å². The molecule has 2 rings (SSSR count). The summed E-state index contributed by atoms with van der Waals surface area (Å²) in [7, 11) is 0. The maximum Gasteiger partial charge on any atom is 0.277 e. The van der Waals surface area contributed by atoms with Gasteiger partial charge in [0.15, 0.2) is 0 Å². The van der Waals surface area contributed by atoms with Crippen LogP contribution >= 0.6 is 0 Å². The highest BCUT2D eigenvalue weighted by molar-refractivity contribution is 5.48. The van der Waals surface area contributed by atoms with Crippen LogP contribution in [0.25, 0.3) is 0 Å². The van der Waals surface area contributed by atoms with Crippen LogP contribution in [0.1, 0.15) is 11.1 Å². The van der Waals surface area contributed by atoms with E-state index in [9.17, 15) is 15.2 Å². The average Bonchev–Trinajstić information content (AvgIpc) is 2.42. The van der Waals surface area contributed by atoms with Crippen molar-refractivity contribution in [3.63, 3.8) is 0 Å². The number of phenols is 1. The van der Waals surface area contributed by atoms with Crippen molar-refractivity contribution in [2.45, 2.75) is 13.3 Å². The number of nitrogens with zero attached hydrogens (tertiary/aromatic N) is 2. The van der Waals surface area contributed by atoms with E-state index in [1.54, 1.807) is 19.1 Å². The fourth-order valence-corrected chi connectivity index (χ4v) is 1.80. The average molecular weight is 273 g/mol. The lowest BCUT2D eigenvalue weighted by Crippen LogP contribution is -2.07. The molecule has 20 heavy (non-hydrogen) atoms. The first-order chi connectivity index (χ1) is 9.56. The Kier molecular flexibility index (Phi) is 4.14. The van der Waals surface area contributed by atoms with Gasteiger partial charge in [-0.05, 0) is 31.0 Å². The van der Waals surface area contributed by atoms with E-state index in [4.69, 9.17) is 0 Å². The summed E-state index contributed by atoms with van der Waals surface area (Å²) >= 11 is 0. The summed E-state index contributed by atoms with van der Waals surface area (Å²) in [6.45, 7) is 2.27. The quantitative estimate of drug-likeness (QED) is 0.645. The van der Waals surface area contributed by atoms with Crippen molar-refractivity contribution in [3.05, 3.63) is 57.8 Å². The van der Waals surface area contributed by atoms with Crippen molar-refractivity contribution < 1.29 is 10.0 Å². The number of aryl methyl sites for hydroxylation is 1. The molecule has 1 aromatic heterocycles. The maximum atomic E-state index is 10.8. The van der Waals surface area contributed by atoms with Crippen LogP contribution < -0.4 is 5.32 Å². The van der Waals surface area contributed by atoms with Crippen molar-refractivity contribution in [1.29, 1.82) is 0 Å². The highest BCUT2D eigenvalue weighted by atomic mass is 16.6. The molecule has 2 aromatic rings. The molecule has 0 radical (unpaired) electrons. The van der Waals surface area contributed by atoms with Gasteiger partial charge in [-0.3, -0.25) is 10.1 Å². The van der Waals surface area contributed by atoms with Gasteiger partial charge in [-0.1, -0.05) is 12.1 Å². The number of rotatable bonds is 5. The summed E-state index contributed by atoms with van der Waals surface area (Å²) in [4.78, 5) is 14.5. The number of aromatic hydroxyl groups is 1. The number of hydrogen-bond donors (Lipinski definition) is 2. The fourth-order valence-electron chi connectivity index (χ4n) is 1.80. The Morgan fingerprint density at radius 1 is 1.35 bits per heavy atom. The molecule has 0 aliphatic rings. The molecule has 0 atom stereocenters. The zero-order valence-electron chi connectivity index (χ0n) is 11.0. The largest absolute Gasteiger partial charge is 0.508 e. The van der Waals surface area contributed by atoms with E-state index in [-0.39, 0.29) is 11.4 Å². The van der Waals surface area contributed by atoms with Gasteiger partial charge in [-0.25, -0.2) is 4.98 Å². The number of pyridine rings is 1. The van der Waals surface area contributed by atoms with E-state index in [0.29, 0.717) is 17.9 Å². The molecule has 0 fully saturated rings. The minimum atomic E-state index is -0.415. The Bertz CT molecular complexity index is 612. The molecule has 0 aliphatic carbocycles. The van der Waals surface area contributed by atoms with Crippen LogP contribution in [0.4, 0.5) is 11.5 Å². The number of nitro groups is 1. The first-order valence-corrected chi connectivity index (χ1v) is 6.19. The van der Waals surface area contributed by atoms with Crippen molar-refractivity contribution in [3.8, 4) is 5.75 Å². The third-order valence-corrected chi connectivity index (χ3v) is 2.93. The lowest BCUT2D eigenvalue weighted by atomic mass is 10.1. The van der Waals surface area contributed by atoms with Crippen molar-refractivity contribution in [1.82, 2.24) is 4.98 Å². The van der Waals surface area contributed by atoms with E-state index < -0.39 is 4.92 Å². The van der Waals surface area contributed by atoms with Gasteiger partial charge in [-0.2, -0.15) is 0 Å². The second-order valence-corrected chi connectivity index (χ2v) is 4.46. The zero-order chi connectivity index (χ0) is 14.5. The second kappa shape index (κ2) is 6.01. The number of aromatic nitrogens is 1. The first kappa shape index (κ1) is 13.8. The van der Waals surface area contributed by atoms with Crippen molar-refractivity contribution >= 4 is 11.5 Å². The summed E-state index contributed by atoms with van der Waals surface area (Å²) in [5.41, 5.74) is 1.67. The van der Waals surface area contributed by atoms with Crippen LogP contribution in [0, 0.1) is 17.0 Å². The summed E-state index contributed by atoms with van der Waals surface area (Å²) in [5.74, 6) is 0.721. The summed E-state index contributed by atoms with van der Waals surface area (Å²) in [6.07, 6.45) is 2.23. The monoisotopic (exact) mass is 273 g/mol. The maximum absolute atomic E-state index is 10.8. The van der Waals surface area contributed by atoms with Gasteiger partial charge in [0.2, 0.25) is 0 Å². The number of phenolic OH excluding ortho intramolecular Hbond substituents is 1. The predicted octanol–water partition coefficient (Wildman–Crippen LogP) is 2.66. The van der Waals surface area contributed by atoms with Crippen LogP contribution in [0.2, 0.25) is 0 Å². The van der Waals surface area contributed by atoms with Gasteiger partial charge in [0.1, 0.15) is 11.6 Å². The van der Waals surface area contributed by atoms with E-state index in [0.717, 1.165) is 12.0 Å². The zero-order valence-corrected chi connectivity index (χ0v) is 11.0. The number of benzene rings is 1. The van der Waals surface area contributed by atoms with Crippen molar-refractivity contribution in [2.24, 2.45) is 0 Å². The Morgan fingerprint density at radius 2 is 2.05 bits per heavy atom. The fraction of sp³-hybridized carbons (Fsp3) is 0.214. The molecule has 1 heterocycles. The molecule has 1 aromatic carbocycles. The lowest BCUT2D eigenvalue weighted by Gasteiger charge is -2.06. The van der Waals surface area contributed by atoms with Gasteiger partial charge in [0, 0.05) is 18.3 Å². The van der Waals surface area contributed by atoms with Gasteiger partial charge < -0.3 is 10.4 Å². The van der Waals surface area contributed by atoms with E-state index in [1.165, 1.54) is 12.3 Å². The van der Waals surface area contributed by atoms with Gasteiger partial charge in [-0.15, -0.1) is 0 Å². The molecular weight excluding hydrogens is 258 g/mol. The molecular formula is C14H15N3O3. The Morgan fingerprint density at radius 3 is 2.70 bits per heavy atom. The normalized spacial score (nSPS) is 10.2. The number of hydrogen-bond acceptors (Lipinski definition) is 5. The summed E-state index contributed by atoms with van der Waals surface area (Å²) < 4.78 is 0. The predicted molar refractivity (Wildman–Crippen MR) is 75.9 cm³/mol. The summed E-state index contributed by atoms with van der Waals surface area (Å²) in [5, 5.41) is 23.1. The van der Waals surface area contributed by atoms with Crippen LogP contribution in [0.15, 0.2) is 36.5 Å². The van der Waals surface area contributed by atoms with Crippen LogP contribution in [0.3, 0.4) is 0 Å². The topological polar surface area (TPSA) is 88.3 Å². The molecule has 104 valence electrons. The Balaban J connectivity index is 1.96. The number of nitrogens with one attached hydrogen (secondary N) is 1. The first-order valence-electron chi connectivity index (χ1n) is 6.19. The molecule has 0 spiro atoms. The highest BCUT2D eigenvalue weighted by Crippen LogP contribution is 2.19. The van der Waals surface area contributed by atoms with Crippen molar-refractivity contribution in [2.75, 3.05) is 11.9 Å². The second-order valence-electron chi connectivity index (χ2n) is 4.46. The third kappa shape index (κ3) is 3.44. The SMILES string of the molecule is Cc1cnc(NCCc2ccc(O)cc2)cc1[N+](=O)[O-]. The molecule has 6 nitrogen and oxygen atoms in total. The standard InChI is InChI=1S/C14H15N3O3/c1-10-9-16-14(8-13(10)17(19)20)15-7-6-11-2-4-12(18)5-3-11/h2-5,8-9,18H,6-7H2,1H3,(H,15,16). The highest BCUT2D eigenvalue weighted by Gasteiger charge is 2.11.